The number of fused-ring (bicyclic) bond motifs is 1. The Morgan fingerprint density at radius 3 is 2.95 bits per heavy atom. The SMILES string of the molecule is CCC1CCCCN1Cc1c(CN)oc2ccccc12. The minimum Gasteiger partial charge on any atom is -0.459 e. The summed E-state index contributed by atoms with van der Waals surface area (Å²) in [5.41, 5.74) is 8.14. The van der Waals surface area contributed by atoms with Crippen LogP contribution in [-0.4, -0.2) is 17.5 Å². The summed E-state index contributed by atoms with van der Waals surface area (Å²) in [4.78, 5) is 2.61. The standard InChI is InChI=1S/C17H24N2O/c1-2-13-7-5-6-10-19(13)12-15-14-8-3-4-9-16(14)20-17(15)11-18/h3-4,8-9,13H,2,5-7,10-12,18H2,1H3. The number of piperidine rings is 1. The third-order valence-electron chi connectivity index (χ3n) is 4.55. The number of nitrogens with zero attached hydrogens (tertiary/aromatic N) is 1. The van der Waals surface area contributed by atoms with E-state index in [2.05, 4.69) is 24.0 Å². The molecule has 1 aromatic carbocycles. The van der Waals surface area contributed by atoms with Crippen LogP contribution in [0, 0.1) is 0 Å². The lowest BCUT2D eigenvalue weighted by Gasteiger charge is -2.35. The highest BCUT2D eigenvalue weighted by atomic mass is 16.3. The molecular weight excluding hydrogens is 248 g/mol. The first kappa shape index (κ1) is 13.7. The molecular formula is C17H24N2O. The fourth-order valence-corrected chi connectivity index (χ4v) is 3.42. The second kappa shape index (κ2) is 5.98. The molecule has 1 atom stereocenters. The molecule has 20 heavy (non-hydrogen) atoms. The van der Waals surface area contributed by atoms with Crippen LogP contribution >= 0.6 is 0 Å². The average molecular weight is 272 g/mol. The Kier molecular flexibility index (Phi) is 4.08. The molecule has 108 valence electrons. The predicted octanol–water partition coefficient (Wildman–Crippen LogP) is 3.66. The van der Waals surface area contributed by atoms with Gasteiger partial charge in [0, 0.05) is 23.5 Å². The summed E-state index contributed by atoms with van der Waals surface area (Å²) in [7, 11) is 0. The lowest BCUT2D eigenvalue weighted by Crippen LogP contribution is -2.38. The second-order valence-electron chi connectivity index (χ2n) is 5.73. The molecule has 0 saturated carbocycles. The van der Waals surface area contributed by atoms with Gasteiger partial charge in [-0.2, -0.15) is 0 Å². The summed E-state index contributed by atoms with van der Waals surface area (Å²) >= 11 is 0. The molecule has 2 heterocycles. The Morgan fingerprint density at radius 1 is 1.30 bits per heavy atom. The first-order chi connectivity index (χ1) is 9.83. The van der Waals surface area contributed by atoms with Crippen LogP contribution in [0.4, 0.5) is 0 Å². The highest BCUT2D eigenvalue weighted by Gasteiger charge is 2.23. The number of hydrogen-bond donors (Lipinski definition) is 1. The molecule has 2 N–H and O–H groups in total. The van der Waals surface area contributed by atoms with Crippen LogP contribution in [0.2, 0.25) is 0 Å². The van der Waals surface area contributed by atoms with Gasteiger partial charge in [-0.05, 0) is 31.9 Å². The van der Waals surface area contributed by atoms with Crippen molar-refractivity contribution in [2.75, 3.05) is 6.54 Å². The molecule has 0 aliphatic carbocycles. The molecule has 0 radical (unpaired) electrons. The van der Waals surface area contributed by atoms with Crippen molar-refractivity contribution in [3.8, 4) is 0 Å². The maximum Gasteiger partial charge on any atom is 0.134 e. The van der Waals surface area contributed by atoms with Gasteiger partial charge in [0.25, 0.3) is 0 Å². The minimum absolute atomic E-state index is 0.481. The highest BCUT2D eigenvalue weighted by molar-refractivity contribution is 5.82. The fraction of sp³-hybridized carbons (Fsp3) is 0.529. The summed E-state index contributed by atoms with van der Waals surface area (Å²) in [5, 5.41) is 1.23. The van der Waals surface area contributed by atoms with Crippen LogP contribution in [0.25, 0.3) is 11.0 Å². The van der Waals surface area contributed by atoms with E-state index in [1.807, 2.05) is 12.1 Å². The molecule has 3 rings (SSSR count). The van der Waals surface area contributed by atoms with Crippen molar-refractivity contribution in [3.05, 3.63) is 35.6 Å². The smallest absolute Gasteiger partial charge is 0.134 e. The van der Waals surface area contributed by atoms with Gasteiger partial charge in [0.2, 0.25) is 0 Å². The molecule has 0 bridgehead atoms. The molecule has 3 nitrogen and oxygen atoms in total. The Hall–Kier alpha value is -1.32. The number of furan rings is 1. The van der Waals surface area contributed by atoms with E-state index in [0.717, 1.165) is 17.9 Å². The summed E-state index contributed by atoms with van der Waals surface area (Å²) in [6, 6.07) is 8.99. The molecule has 1 fully saturated rings. The predicted molar refractivity (Wildman–Crippen MR) is 82.4 cm³/mol. The number of nitrogens with two attached hydrogens (primary N) is 1. The molecule has 2 aromatic rings. The normalized spacial score (nSPS) is 20.6. The van der Waals surface area contributed by atoms with Gasteiger partial charge < -0.3 is 10.2 Å². The van der Waals surface area contributed by atoms with E-state index < -0.39 is 0 Å². The number of para-hydroxylation sites is 1. The van der Waals surface area contributed by atoms with E-state index in [4.69, 9.17) is 10.2 Å². The monoisotopic (exact) mass is 272 g/mol. The van der Waals surface area contributed by atoms with Crippen LogP contribution in [0.5, 0.6) is 0 Å². The molecule has 1 unspecified atom stereocenters. The molecule has 3 heteroatoms. The summed E-state index contributed by atoms with van der Waals surface area (Å²) in [5.74, 6) is 0.951. The number of hydrogen-bond acceptors (Lipinski definition) is 3. The van der Waals surface area contributed by atoms with Crippen molar-refractivity contribution in [1.29, 1.82) is 0 Å². The Bertz CT molecular complexity index is 575. The van der Waals surface area contributed by atoms with Crippen molar-refractivity contribution in [2.45, 2.75) is 51.7 Å². The van der Waals surface area contributed by atoms with Gasteiger partial charge in [-0.15, -0.1) is 0 Å². The van der Waals surface area contributed by atoms with Crippen molar-refractivity contribution < 1.29 is 4.42 Å². The lowest BCUT2D eigenvalue weighted by atomic mass is 9.98. The van der Waals surface area contributed by atoms with Gasteiger partial charge in [0.1, 0.15) is 11.3 Å². The zero-order chi connectivity index (χ0) is 13.9. The molecule has 0 spiro atoms. The second-order valence-corrected chi connectivity index (χ2v) is 5.73. The van der Waals surface area contributed by atoms with E-state index in [1.165, 1.54) is 43.2 Å². The maximum absolute atomic E-state index is 5.91. The van der Waals surface area contributed by atoms with E-state index in [9.17, 15) is 0 Å². The number of benzene rings is 1. The van der Waals surface area contributed by atoms with E-state index in [1.54, 1.807) is 0 Å². The van der Waals surface area contributed by atoms with Crippen molar-refractivity contribution in [1.82, 2.24) is 4.90 Å². The Labute approximate surface area is 120 Å². The third-order valence-corrected chi connectivity index (χ3v) is 4.55. The quantitative estimate of drug-likeness (QED) is 0.923. The van der Waals surface area contributed by atoms with E-state index in [0.29, 0.717) is 12.6 Å². The van der Waals surface area contributed by atoms with Crippen molar-refractivity contribution >= 4 is 11.0 Å². The van der Waals surface area contributed by atoms with Gasteiger partial charge in [-0.3, -0.25) is 4.90 Å². The molecule has 1 aromatic heterocycles. The van der Waals surface area contributed by atoms with Crippen LogP contribution < -0.4 is 5.73 Å². The first-order valence-electron chi connectivity index (χ1n) is 7.77. The van der Waals surface area contributed by atoms with E-state index in [-0.39, 0.29) is 0 Å². The largest absolute Gasteiger partial charge is 0.459 e. The van der Waals surface area contributed by atoms with Gasteiger partial charge in [-0.25, -0.2) is 0 Å². The van der Waals surface area contributed by atoms with Crippen LogP contribution in [-0.2, 0) is 13.1 Å². The fourth-order valence-electron chi connectivity index (χ4n) is 3.42. The topological polar surface area (TPSA) is 42.4 Å². The van der Waals surface area contributed by atoms with Gasteiger partial charge in [-0.1, -0.05) is 31.5 Å². The Morgan fingerprint density at radius 2 is 2.15 bits per heavy atom. The zero-order valence-electron chi connectivity index (χ0n) is 12.3. The number of rotatable bonds is 4. The van der Waals surface area contributed by atoms with Gasteiger partial charge in [0.05, 0.1) is 6.54 Å². The van der Waals surface area contributed by atoms with Crippen LogP contribution in [0.3, 0.4) is 0 Å². The third kappa shape index (κ3) is 2.48. The average Bonchev–Trinajstić information content (AvgIpc) is 2.86. The minimum atomic E-state index is 0.481. The first-order valence-corrected chi connectivity index (χ1v) is 7.77. The summed E-state index contributed by atoms with van der Waals surface area (Å²) < 4.78 is 5.91. The highest BCUT2D eigenvalue weighted by Crippen LogP contribution is 2.29. The van der Waals surface area contributed by atoms with Crippen molar-refractivity contribution in [2.24, 2.45) is 5.73 Å². The molecule has 1 aliphatic heterocycles. The molecule has 0 amide bonds. The number of likely N-dealkylation sites (tertiary alicyclic amines) is 1. The summed E-state index contributed by atoms with van der Waals surface area (Å²) in [6.45, 7) is 4.94. The van der Waals surface area contributed by atoms with Crippen molar-refractivity contribution in [3.63, 3.8) is 0 Å². The van der Waals surface area contributed by atoms with E-state index >= 15 is 0 Å². The molecule has 1 saturated heterocycles. The maximum atomic E-state index is 5.91. The Balaban J connectivity index is 1.92. The lowest BCUT2D eigenvalue weighted by molar-refractivity contribution is 0.136. The van der Waals surface area contributed by atoms with Gasteiger partial charge >= 0.3 is 0 Å². The summed E-state index contributed by atoms with van der Waals surface area (Å²) in [6.07, 6.45) is 5.23. The molecule has 1 aliphatic rings. The zero-order valence-corrected chi connectivity index (χ0v) is 12.3. The van der Waals surface area contributed by atoms with Crippen LogP contribution in [0.15, 0.2) is 28.7 Å². The van der Waals surface area contributed by atoms with Crippen LogP contribution in [0.1, 0.15) is 43.9 Å². The van der Waals surface area contributed by atoms with Gasteiger partial charge in [0.15, 0.2) is 0 Å².